The van der Waals surface area contributed by atoms with Gasteiger partial charge in [-0.1, -0.05) is 12.1 Å². The predicted molar refractivity (Wildman–Crippen MR) is 72.8 cm³/mol. The van der Waals surface area contributed by atoms with Crippen LogP contribution in [0.25, 0.3) is 0 Å². The van der Waals surface area contributed by atoms with Gasteiger partial charge in [-0.3, -0.25) is 4.79 Å². The van der Waals surface area contributed by atoms with Gasteiger partial charge in [0, 0.05) is 6.54 Å². The highest BCUT2D eigenvalue weighted by atomic mass is 16.5. The Kier molecular flexibility index (Phi) is 3.97. The Labute approximate surface area is 111 Å². The molecule has 0 aliphatic heterocycles. The second kappa shape index (κ2) is 5.86. The third-order valence-corrected chi connectivity index (χ3v) is 2.63. The molecule has 1 heterocycles. The molecule has 1 amide bonds. The van der Waals surface area contributed by atoms with E-state index in [0.717, 1.165) is 11.3 Å². The molecule has 0 unspecified atom stereocenters. The number of nitrogen functional groups attached to an aromatic ring is 1. The second-order valence-corrected chi connectivity index (χ2v) is 4.01. The van der Waals surface area contributed by atoms with Crippen LogP contribution in [0.2, 0.25) is 0 Å². The van der Waals surface area contributed by atoms with Gasteiger partial charge in [0.05, 0.1) is 19.0 Å². The van der Waals surface area contributed by atoms with Crippen molar-refractivity contribution < 1.29 is 9.53 Å². The summed E-state index contributed by atoms with van der Waals surface area (Å²) in [6.45, 7) is 0.439. The van der Waals surface area contributed by atoms with E-state index >= 15 is 0 Å². The van der Waals surface area contributed by atoms with Crippen LogP contribution in [0.15, 0.2) is 42.6 Å². The zero-order valence-corrected chi connectivity index (χ0v) is 10.6. The molecule has 2 rings (SSSR count). The Balaban J connectivity index is 1.94. The van der Waals surface area contributed by atoms with Crippen LogP contribution in [-0.4, -0.2) is 18.0 Å². The minimum Gasteiger partial charge on any atom is -0.497 e. The SMILES string of the molecule is COc1ccc(CNC(=O)c2ccc(N)cn2)cc1. The van der Waals surface area contributed by atoms with Crippen molar-refractivity contribution in [3.8, 4) is 5.75 Å². The molecule has 5 nitrogen and oxygen atoms in total. The Hall–Kier alpha value is -2.56. The standard InChI is InChI=1S/C14H15N3O2/c1-19-12-5-2-10(3-6-12)8-17-14(18)13-7-4-11(15)9-16-13/h2-7,9H,8,15H2,1H3,(H,17,18). The highest BCUT2D eigenvalue weighted by molar-refractivity contribution is 5.92. The lowest BCUT2D eigenvalue weighted by atomic mass is 10.2. The normalized spacial score (nSPS) is 9.95. The van der Waals surface area contributed by atoms with E-state index in [2.05, 4.69) is 10.3 Å². The van der Waals surface area contributed by atoms with E-state index < -0.39 is 0 Å². The maximum absolute atomic E-state index is 11.8. The minimum atomic E-state index is -0.226. The highest BCUT2D eigenvalue weighted by Gasteiger charge is 2.06. The van der Waals surface area contributed by atoms with E-state index in [1.807, 2.05) is 24.3 Å². The van der Waals surface area contributed by atoms with Gasteiger partial charge in [-0.05, 0) is 29.8 Å². The van der Waals surface area contributed by atoms with Gasteiger partial charge in [-0.25, -0.2) is 4.98 Å². The quantitative estimate of drug-likeness (QED) is 0.872. The Bertz CT molecular complexity index is 550. The monoisotopic (exact) mass is 257 g/mol. The smallest absolute Gasteiger partial charge is 0.270 e. The summed E-state index contributed by atoms with van der Waals surface area (Å²) in [7, 11) is 1.61. The zero-order chi connectivity index (χ0) is 13.7. The number of hydrogen-bond acceptors (Lipinski definition) is 4. The fourth-order valence-corrected chi connectivity index (χ4v) is 1.56. The van der Waals surface area contributed by atoms with E-state index in [4.69, 9.17) is 10.5 Å². The van der Waals surface area contributed by atoms with E-state index in [1.54, 1.807) is 19.2 Å². The molecular formula is C14H15N3O2. The first-order valence-corrected chi connectivity index (χ1v) is 5.81. The molecule has 2 aromatic rings. The molecule has 0 spiro atoms. The van der Waals surface area contributed by atoms with Crippen molar-refractivity contribution in [2.45, 2.75) is 6.54 Å². The van der Waals surface area contributed by atoms with Gasteiger partial charge in [-0.15, -0.1) is 0 Å². The number of amides is 1. The summed E-state index contributed by atoms with van der Waals surface area (Å²) in [6, 6.07) is 10.7. The zero-order valence-electron chi connectivity index (χ0n) is 10.6. The average Bonchev–Trinajstić information content (AvgIpc) is 2.46. The molecule has 0 radical (unpaired) electrons. The van der Waals surface area contributed by atoms with E-state index in [0.29, 0.717) is 17.9 Å². The number of nitrogens with zero attached hydrogens (tertiary/aromatic N) is 1. The molecule has 0 saturated carbocycles. The van der Waals surface area contributed by atoms with Gasteiger partial charge in [0.15, 0.2) is 0 Å². The molecular weight excluding hydrogens is 242 g/mol. The Morgan fingerprint density at radius 1 is 1.26 bits per heavy atom. The molecule has 98 valence electrons. The van der Waals surface area contributed by atoms with Crippen molar-refractivity contribution >= 4 is 11.6 Å². The second-order valence-electron chi connectivity index (χ2n) is 4.01. The third kappa shape index (κ3) is 3.45. The van der Waals surface area contributed by atoms with Crippen LogP contribution < -0.4 is 15.8 Å². The molecule has 3 N–H and O–H groups in total. The summed E-state index contributed by atoms with van der Waals surface area (Å²) in [5, 5.41) is 2.79. The van der Waals surface area contributed by atoms with Crippen molar-refractivity contribution in [3.05, 3.63) is 53.9 Å². The average molecular weight is 257 g/mol. The van der Waals surface area contributed by atoms with Crippen LogP contribution in [0.5, 0.6) is 5.75 Å². The van der Waals surface area contributed by atoms with E-state index in [9.17, 15) is 4.79 Å². The number of rotatable bonds is 4. The van der Waals surface area contributed by atoms with Crippen molar-refractivity contribution in [2.75, 3.05) is 12.8 Å². The topological polar surface area (TPSA) is 77.2 Å². The van der Waals surface area contributed by atoms with Crippen LogP contribution in [-0.2, 0) is 6.54 Å². The maximum Gasteiger partial charge on any atom is 0.270 e. The van der Waals surface area contributed by atoms with Gasteiger partial charge < -0.3 is 15.8 Å². The van der Waals surface area contributed by atoms with Crippen molar-refractivity contribution in [1.29, 1.82) is 0 Å². The van der Waals surface area contributed by atoms with Crippen LogP contribution in [0.4, 0.5) is 5.69 Å². The number of methoxy groups -OCH3 is 1. The molecule has 1 aromatic heterocycles. The molecule has 0 atom stereocenters. The van der Waals surface area contributed by atoms with Crippen molar-refractivity contribution in [3.63, 3.8) is 0 Å². The van der Waals surface area contributed by atoms with Crippen molar-refractivity contribution in [2.24, 2.45) is 0 Å². The van der Waals surface area contributed by atoms with Gasteiger partial charge in [0.1, 0.15) is 11.4 Å². The van der Waals surface area contributed by atoms with Crippen LogP contribution in [0.3, 0.4) is 0 Å². The largest absolute Gasteiger partial charge is 0.497 e. The number of nitrogens with two attached hydrogens (primary N) is 1. The van der Waals surface area contributed by atoms with Gasteiger partial charge in [0.25, 0.3) is 5.91 Å². The van der Waals surface area contributed by atoms with E-state index in [1.165, 1.54) is 6.20 Å². The summed E-state index contributed by atoms with van der Waals surface area (Å²) >= 11 is 0. The molecule has 0 aliphatic rings. The lowest BCUT2D eigenvalue weighted by molar-refractivity contribution is 0.0946. The molecule has 1 aromatic carbocycles. The number of benzene rings is 1. The first-order valence-electron chi connectivity index (χ1n) is 5.81. The number of carbonyl (C=O) groups excluding carboxylic acids is 1. The first kappa shape index (κ1) is 12.9. The Morgan fingerprint density at radius 2 is 2.00 bits per heavy atom. The van der Waals surface area contributed by atoms with Gasteiger partial charge >= 0.3 is 0 Å². The summed E-state index contributed by atoms with van der Waals surface area (Å²) < 4.78 is 5.07. The van der Waals surface area contributed by atoms with Crippen molar-refractivity contribution in [1.82, 2.24) is 10.3 Å². The number of pyridine rings is 1. The van der Waals surface area contributed by atoms with E-state index in [-0.39, 0.29) is 5.91 Å². The van der Waals surface area contributed by atoms with Crippen LogP contribution in [0, 0.1) is 0 Å². The highest BCUT2D eigenvalue weighted by Crippen LogP contribution is 2.11. The number of carbonyl (C=O) groups is 1. The summed E-state index contributed by atoms with van der Waals surface area (Å²) in [4.78, 5) is 15.8. The molecule has 0 fully saturated rings. The summed E-state index contributed by atoms with van der Waals surface area (Å²) in [5.74, 6) is 0.561. The number of aromatic nitrogens is 1. The molecule has 19 heavy (non-hydrogen) atoms. The molecule has 5 heteroatoms. The van der Waals surface area contributed by atoms with Gasteiger partial charge in [-0.2, -0.15) is 0 Å². The Morgan fingerprint density at radius 3 is 2.58 bits per heavy atom. The lowest BCUT2D eigenvalue weighted by Crippen LogP contribution is -2.23. The number of ether oxygens (including phenoxy) is 1. The number of anilines is 1. The molecule has 0 saturated heterocycles. The molecule has 0 aliphatic carbocycles. The number of nitrogens with one attached hydrogen (secondary N) is 1. The maximum atomic E-state index is 11.8. The fraction of sp³-hybridized carbons (Fsp3) is 0.143. The van der Waals surface area contributed by atoms with Gasteiger partial charge in [0.2, 0.25) is 0 Å². The van der Waals surface area contributed by atoms with Crippen LogP contribution >= 0.6 is 0 Å². The third-order valence-electron chi connectivity index (χ3n) is 2.63. The predicted octanol–water partition coefficient (Wildman–Crippen LogP) is 1.60. The lowest BCUT2D eigenvalue weighted by Gasteiger charge is -2.06. The number of hydrogen-bond donors (Lipinski definition) is 2. The summed E-state index contributed by atoms with van der Waals surface area (Å²) in [5.41, 5.74) is 7.39. The molecule has 0 bridgehead atoms. The summed E-state index contributed by atoms with van der Waals surface area (Å²) in [6.07, 6.45) is 1.46. The van der Waals surface area contributed by atoms with Crippen LogP contribution in [0.1, 0.15) is 16.1 Å². The first-order chi connectivity index (χ1) is 9.19. The fourth-order valence-electron chi connectivity index (χ4n) is 1.56. The minimum absolute atomic E-state index is 0.226.